The zero-order valence-electron chi connectivity index (χ0n) is 10.5. The van der Waals surface area contributed by atoms with E-state index in [-0.39, 0.29) is 30.4 Å². The number of ketones is 1. The van der Waals surface area contributed by atoms with Crippen molar-refractivity contribution >= 4 is 5.78 Å². The molecule has 4 heteroatoms. The van der Waals surface area contributed by atoms with Crippen molar-refractivity contribution in [1.82, 2.24) is 0 Å². The molecule has 2 aliphatic heterocycles. The molecular weight excluding hydrogens is 220 g/mol. The molecule has 0 aromatic heterocycles. The molecule has 2 saturated heterocycles. The quantitative estimate of drug-likeness (QED) is 0.647. The normalized spacial score (nSPS) is 44.9. The van der Waals surface area contributed by atoms with Crippen molar-refractivity contribution in [2.24, 2.45) is 0 Å². The summed E-state index contributed by atoms with van der Waals surface area (Å²) >= 11 is 0. The van der Waals surface area contributed by atoms with E-state index in [0.29, 0.717) is 6.42 Å². The maximum atomic E-state index is 11.9. The predicted molar refractivity (Wildman–Crippen MR) is 60.6 cm³/mol. The molecule has 3 rings (SSSR count). The maximum Gasteiger partial charge on any atom is 0.185 e. The molecule has 17 heavy (non-hydrogen) atoms. The molecule has 3 fully saturated rings. The van der Waals surface area contributed by atoms with Crippen LogP contribution in [0.15, 0.2) is 0 Å². The largest absolute Gasteiger partial charge is 0.367 e. The third-order valence-electron chi connectivity index (χ3n) is 4.07. The Bertz CT molecular complexity index is 325. The van der Waals surface area contributed by atoms with Crippen LogP contribution in [0.25, 0.3) is 0 Å². The molecule has 0 amide bonds. The molecule has 0 bridgehead atoms. The van der Waals surface area contributed by atoms with Gasteiger partial charge in [-0.1, -0.05) is 12.8 Å². The van der Waals surface area contributed by atoms with E-state index in [9.17, 15) is 4.79 Å². The lowest BCUT2D eigenvalue weighted by molar-refractivity contribution is -0.334. The van der Waals surface area contributed by atoms with Crippen LogP contribution in [0.3, 0.4) is 0 Å². The Morgan fingerprint density at radius 1 is 1.06 bits per heavy atom. The standard InChI is InChI=1S/C13H20O4/c1-13(2)11(14)7-10-12(17-13)16-9-6-4-3-5-8(9)15-10/h8-10,12H,3-7H2,1-2H3/t8-,9+,10+,12-/m1/s1. The van der Waals surface area contributed by atoms with Crippen molar-refractivity contribution in [3.8, 4) is 0 Å². The second-order valence-corrected chi connectivity index (χ2v) is 5.80. The van der Waals surface area contributed by atoms with Crippen molar-refractivity contribution in [1.29, 1.82) is 0 Å². The SMILES string of the molecule is CC1(C)O[C@H]2O[C@H]3CCCC[C@H]3O[C@H]2CC1=O. The third kappa shape index (κ3) is 2.02. The zero-order chi connectivity index (χ0) is 12.0. The van der Waals surface area contributed by atoms with Crippen LogP contribution in [0.5, 0.6) is 0 Å². The van der Waals surface area contributed by atoms with E-state index in [1.807, 2.05) is 13.8 Å². The monoisotopic (exact) mass is 240 g/mol. The highest BCUT2D eigenvalue weighted by molar-refractivity contribution is 5.87. The predicted octanol–water partition coefficient (Wildman–Crippen LogP) is 1.81. The second-order valence-electron chi connectivity index (χ2n) is 5.80. The number of carbonyl (C=O) groups excluding carboxylic acids is 1. The summed E-state index contributed by atoms with van der Waals surface area (Å²) in [7, 11) is 0. The summed E-state index contributed by atoms with van der Waals surface area (Å²) in [5, 5.41) is 0. The van der Waals surface area contributed by atoms with E-state index in [0.717, 1.165) is 12.8 Å². The molecule has 0 aromatic rings. The van der Waals surface area contributed by atoms with Crippen molar-refractivity contribution < 1.29 is 19.0 Å². The Balaban J connectivity index is 1.74. The summed E-state index contributed by atoms with van der Waals surface area (Å²) in [6.07, 6.45) is 4.68. The Morgan fingerprint density at radius 2 is 1.71 bits per heavy atom. The topological polar surface area (TPSA) is 44.8 Å². The number of ether oxygens (including phenoxy) is 3. The van der Waals surface area contributed by atoms with Crippen molar-refractivity contribution in [2.75, 3.05) is 0 Å². The molecule has 4 nitrogen and oxygen atoms in total. The first-order valence-electron chi connectivity index (χ1n) is 6.58. The summed E-state index contributed by atoms with van der Waals surface area (Å²) in [6.45, 7) is 3.61. The number of hydrogen-bond acceptors (Lipinski definition) is 4. The highest BCUT2D eigenvalue weighted by atomic mass is 16.7. The smallest absolute Gasteiger partial charge is 0.185 e. The number of Topliss-reactive ketones (excluding diaryl/α,β-unsaturated/α-hetero) is 1. The third-order valence-corrected chi connectivity index (χ3v) is 4.07. The van der Waals surface area contributed by atoms with Crippen molar-refractivity contribution in [3.05, 3.63) is 0 Å². The lowest BCUT2D eigenvalue weighted by Crippen LogP contribution is -2.59. The molecule has 0 radical (unpaired) electrons. The molecule has 0 N–H and O–H groups in total. The van der Waals surface area contributed by atoms with Crippen molar-refractivity contribution in [2.45, 2.75) is 76.2 Å². The van der Waals surface area contributed by atoms with Gasteiger partial charge in [0.1, 0.15) is 11.7 Å². The molecule has 1 aliphatic carbocycles. The van der Waals surface area contributed by atoms with Gasteiger partial charge in [0.2, 0.25) is 0 Å². The summed E-state index contributed by atoms with van der Waals surface area (Å²) in [4.78, 5) is 11.9. The van der Waals surface area contributed by atoms with E-state index in [2.05, 4.69) is 0 Å². The van der Waals surface area contributed by atoms with Crippen LogP contribution in [0.4, 0.5) is 0 Å². The van der Waals surface area contributed by atoms with Gasteiger partial charge in [0.25, 0.3) is 0 Å². The Labute approximate surface area is 102 Å². The first-order valence-corrected chi connectivity index (χ1v) is 6.58. The van der Waals surface area contributed by atoms with Crippen molar-refractivity contribution in [3.63, 3.8) is 0 Å². The number of carbonyl (C=O) groups is 1. The lowest BCUT2D eigenvalue weighted by atomic mass is 9.90. The molecule has 1 saturated carbocycles. The molecule has 0 spiro atoms. The average molecular weight is 240 g/mol. The van der Waals surface area contributed by atoms with Crippen LogP contribution < -0.4 is 0 Å². The van der Waals surface area contributed by atoms with Gasteiger partial charge in [-0.25, -0.2) is 0 Å². The first-order chi connectivity index (χ1) is 8.06. The van der Waals surface area contributed by atoms with E-state index >= 15 is 0 Å². The molecule has 4 atom stereocenters. The summed E-state index contributed by atoms with van der Waals surface area (Å²) in [5.41, 5.74) is -0.730. The maximum absolute atomic E-state index is 11.9. The summed E-state index contributed by atoms with van der Waals surface area (Å²) in [6, 6.07) is 0. The lowest BCUT2D eigenvalue weighted by Gasteiger charge is -2.48. The summed E-state index contributed by atoms with van der Waals surface area (Å²) < 4.78 is 17.7. The van der Waals surface area contributed by atoms with E-state index in [1.165, 1.54) is 12.8 Å². The van der Waals surface area contributed by atoms with Crippen LogP contribution >= 0.6 is 0 Å². The summed E-state index contributed by atoms with van der Waals surface area (Å²) in [5.74, 6) is 0.108. The van der Waals surface area contributed by atoms with Crippen LogP contribution in [0.2, 0.25) is 0 Å². The van der Waals surface area contributed by atoms with Gasteiger partial charge in [0, 0.05) is 6.42 Å². The molecule has 0 aromatic carbocycles. The number of fused-ring (bicyclic) bond motifs is 2. The van der Waals surface area contributed by atoms with E-state index in [4.69, 9.17) is 14.2 Å². The number of hydrogen-bond donors (Lipinski definition) is 0. The van der Waals surface area contributed by atoms with Gasteiger partial charge >= 0.3 is 0 Å². The Kier molecular flexibility index (Phi) is 2.76. The van der Waals surface area contributed by atoms with Gasteiger partial charge in [-0.15, -0.1) is 0 Å². The minimum atomic E-state index is -0.730. The van der Waals surface area contributed by atoms with Crippen LogP contribution in [-0.2, 0) is 19.0 Å². The minimum Gasteiger partial charge on any atom is -0.367 e. The van der Waals surface area contributed by atoms with Gasteiger partial charge < -0.3 is 14.2 Å². The van der Waals surface area contributed by atoms with Gasteiger partial charge in [-0.3, -0.25) is 4.79 Å². The average Bonchev–Trinajstić information content (AvgIpc) is 2.28. The molecular formula is C13H20O4. The highest BCUT2D eigenvalue weighted by Crippen LogP contribution is 2.37. The van der Waals surface area contributed by atoms with Gasteiger partial charge in [-0.2, -0.15) is 0 Å². The van der Waals surface area contributed by atoms with Gasteiger partial charge in [0.15, 0.2) is 12.1 Å². The molecule has 2 heterocycles. The molecule has 96 valence electrons. The van der Waals surface area contributed by atoms with Gasteiger partial charge in [0.05, 0.1) is 12.2 Å². The highest BCUT2D eigenvalue weighted by Gasteiger charge is 2.49. The van der Waals surface area contributed by atoms with Crippen LogP contribution in [-0.4, -0.2) is 36.0 Å². The molecule has 0 unspecified atom stereocenters. The fourth-order valence-electron chi connectivity index (χ4n) is 2.96. The van der Waals surface area contributed by atoms with Crippen LogP contribution in [0.1, 0.15) is 46.0 Å². The van der Waals surface area contributed by atoms with Gasteiger partial charge in [-0.05, 0) is 26.7 Å². The van der Waals surface area contributed by atoms with E-state index < -0.39 is 5.60 Å². The Hall–Kier alpha value is -0.450. The minimum absolute atomic E-state index is 0.108. The second kappa shape index (κ2) is 4.04. The fraction of sp³-hybridized carbons (Fsp3) is 0.923. The Morgan fingerprint density at radius 3 is 2.41 bits per heavy atom. The number of rotatable bonds is 0. The zero-order valence-corrected chi connectivity index (χ0v) is 10.5. The molecule has 3 aliphatic rings. The van der Waals surface area contributed by atoms with E-state index in [1.54, 1.807) is 0 Å². The fourth-order valence-corrected chi connectivity index (χ4v) is 2.96. The van der Waals surface area contributed by atoms with Crippen LogP contribution in [0, 0.1) is 0 Å². The first kappa shape index (κ1) is 11.6.